The maximum atomic E-state index is 12.1. The van der Waals surface area contributed by atoms with Gasteiger partial charge in [-0.25, -0.2) is 0 Å². The molecule has 0 heterocycles. The molecule has 1 nitrogen and oxygen atoms in total. The smallest absolute Gasteiger partial charge is 0.139 e. The Morgan fingerprint density at radius 1 is 1.12 bits per heavy atom. The van der Waals surface area contributed by atoms with Gasteiger partial charge in [0.25, 0.3) is 0 Å². The van der Waals surface area contributed by atoms with Crippen molar-refractivity contribution in [3.05, 3.63) is 35.9 Å². The van der Waals surface area contributed by atoms with Crippen molar-refractivity contribution >= 4 is 5.78 Å². The van der Waals surface area contributed by atoms with Crippen LogP contribution < -0.4 is 0 Å². The van der Waals surface area contributed by atoms with E-state index >= 15 is 0 Å². The molecule has 0 aromatic heterocycles. The second-order valence-electron chi connectivity index (χ2n) is 6.16. The normalized spacial score (nSPS) is 28.3. The monoisotopic (exact) mass is 216 g/mol. The predicted octanol–water partition coefficient (Wildman–Crippen LogP) is 3.62. The van der Waals surface area contributed by atoms with Gasteiger partial charge in [0.1, 0.15) is 5.78 Å². The molecule has 0 radical (unpaired) electrons. The van der Waals surface area contributed by atoms with Crippen LogP contribution in [0, 0.1) is 10.8 Å². The minimum atomic E-state index is -0.148. The van der Waals surface area contributed by atoms with Gasteiger partial charge < -0.3 is 0 Å². The summed E-state index contributed by atoms with van der Waals surface area (Å²) in [6, 6.07) is 10.3. The van der Waals surface area contributed by atoms with Crippen LogP contribution in [0.5, 0.6) is 0 Å². The molecule has 86 valence electrons. The van der Waals surface area contributed by atoms with Crippen molar-refractivity contribution in [2.45, 2.75) is 40.0 Å². The van der Waals surface area contributed by atoms with Gasteiger partial charge in [-0.1, -0.05) is 51.1 Å². The van der Waals surface area contributed by atoms with Crippen molar-refractivity contribution < 1.29 is 4.79 Å². The molecule has 16 heavy (non-hydrogen) atoms. The molecule has 0 aliphatic heterocycles. The Kier molecular flexibility index (Phi) is 2.65. The van der Waals surface area contributed by atoms with E-state index in [-0.39, 0.29) is 10.8 Å². The summed E-state index contributed by atoms with van der Waals surface area (Å²) in [5.41, 5.74) is 1.31. The lowest BCUT2D eigenvalue weighted by Gasteiger charge is -2.24. The van der Waals surface area contributed by atoms with Crippen LogP contribution in [-0.2, 0) is 11.2 Å². The summed E-state index contributed by atoms with van der Waals surface area (Å²) in [6.07, 6.45) is 2.63. The van der Waals surface area contributed by atoms with E-state index in [1.807, 2.05) is 18.2 Å². The van der Waals surface area contributed by atoms with Crippen molar-refractivity contribution in [1.82, 2.24) is 0 Å². The van der Waals surface area contributed by atoms with Crippen molar-refractivity contribution in [2.24, 2.45) is 10.8 Å². The highest BCUT2D eigenvalue weighted by Gasteiger charge is 2.46. The van der Waals surface area contributed by atoms with Gasteiger partial charge in [0, 0.05) is 11.8 Å². The van der Waals surface area contributed by atoms with Crippen LogP contribution in [0.4, 0.5) is 0 Å². The summed E-state index contributed by atoms with van der Waals surface area (Å²) in [7, 11) is 0. The van der Waals surface area contributed by atoms with Crippen LogP contribution in [0.1, 0.15) is 39.2 Å². The lowest BCUT2D eigenvalue weighted by atomic mass is 9.78. The first-order valence-corrected chi connectivity index (χ1v) is 5.99. The molecule has 0 bridgehead atoms. The van der Waals surface area contributed by atoms with E-state index in [1.165, 1.54) is 5.56 Å². The van der Waals surface area contributed by atoms with E-state index in [2.05, 4.69) is 32.9 Å². The standard InChI is InChI=1S/C15H20O/c1-14(2)10-13(16)15(3,11-14)9-12-7-5-4-6-8-12/h4-8H,9-11H2,1-3H3. The molecule has 0 N–H and O–H groups in total. The van der Waals surface area contributed by atoms with Crippen LogP contribution in [0.2, 0.25) is 0 Å². The van der Waals surface area contributed by atoms with Crippen LogP contribution in [0.15, 0.2) is 30.3 Å². The number of hydrogen-bond donors (Lipinski definition) is 0. The van der Waals surface area contributed by atoms with Crippen LogP contribution in [-0.4, -0.2) is 5.78 Å². The molecular formula is C15H20O. The number of carbonyl (C=O) groups is 1. The SMILES string of the molecule is CC1(C)CC(=O)C(C)(Cc2ccccc2)C1. The summed E-state index contributed by atoms with van der Waals surface area (Å²) in [6.45, 7) is 6.51. The Hall–Kier alpha value is -1.11. The summed E-state index contributed by atoms with van der Waals surface area (Å²) < 4.78 is 0. The number of hydrogen-bond acceptors (Lipinski definition) is 1. The minimum absolute atomic E-state index is 0.148. The summed E-state index contributed by atoms with van der Waals surface area (Å²) in [5, 5.41) is 0. The number of benzene rings is 1. The third-order valence-corrected chi connectivity index (χ3v) is 3.62. The lowest BCUT2D eigenvalue weighted by molar-refractivity contribution is -0.125. The van der Waals surface area contributed by atoms with Gasteiger partial charge in [-0.3, -0.25) is 4.79 Å². The van der Waals surface area contributed by atoms with E-state index < -0.39 is 0 Å². The summed E-state index contributed by atoms with van der Waals surface area (Å²) >= 11 is 0. The third kappa shape index (κ3) is 2.18. The molecular weight excluding hydrogens is 196 g/mol. The van der Waals surface area contributed by atoms with Crippen molar-refractivity contribution in [3.8, 4) is 0 Å². The average molecular weight is 216 g/mol. The average Bonchev–Trinajstić information content (AvgIpc) is 2.36. The Balaban J connectivity index is 2.19. The Bertz CT molecular complexity index is 391. The topological polar surface area (TPSA) is 17.1 Å². The molecule has 0 spiro atoms. The Labute approximate surface area is 97.9 Å². The zero-order chi connectivity index (χ0) is 11.8. The summed E-state index contributed by atoms with van der Waals surface area (Å²) in [5.74, 6) is 0.432. The number of ketones is 1. The van der Waals surface area contributed by atoms with Gasteiger partial charge in [-0.2, -0.15) is 0 Å². The molecule has 1 aliphatic carbocycles. The van der Waals surface area contributed by atoms with Crippen molar-refractivity contribution in [3.63, 3.8) is 0 Å². The second-order valence-corrected chi connectivity index (χ2v) is 6.16. The number of Topliss-reactive ketones (excluding diaryl/α,β-unsaturated/α-hetero) is 1. The molecule has 0 amide bonds. The van der Waals surface area contributed by atoms with Gasteiger partial charge in [0.2, 0.25) is 0 Å². The second kappa shape index (κ2) is 3.73. The van der Waals surface area contributed by atoms with E-state index in [4.69, 9.17) is 0 Å². The van der Waals surface area contributed by atoms with E-state index in [9.17, 15) is 4.79 Å². The molecule has 1 aromatic rings. The van der Waals surface area contributed by atoms with E-state index in [1.54, 1.807) is 0 Å². The first-order chi connectivity index (χ1) is 7.41. The molecule has 0 saturated heterocycles. The quantitative estimate of drug-likeness (QED) is 0.738. The van der Waals surface area contributed by atoms with Crippen LogP contribution in [0.25, 0.3) is 0 Å². The molecule has 1 heteroatoms. The molecule has 1 aliphatic rings. The van der Waals surface area contributed by atoms with Crippen LogP contribution >= 0.6 is 0 Å². The van der Waals surface area contributed by atoms with E-state index in [0.717, 1.165) is 19.3 Å². The molecule has 2 rings (SSSR count). The van der Waals surface area contributed by atoms with Gasteiger partial charge in [-0.05, 0) is 23.8 Å². The maximum absolute atomic E-state index is 12.1. The summed E-state index contributed by atoms with van der Waals surface area (Å²) in [4.78, 5) is 12.1. The largest absolute Gasteiger partial charge is 0.299 e. The minimum Gasteiger partial charge on any atom is -0.299 e. The maximum Gasteiger partial charge on any atom is 0.139 e. The van der Waals surface area contributed by atoms with E-state index in [0.29, 0.717) is 5.78 Å². The molecule has 1 fully saturated rings. The first-order valence-electron chi connectivity index (χ1n) is 5.99. The van der Waals surface area contributed by atoms with Gasteiger partial charge in [0.15, 0.2) is 0 Å². The lowest BCUT2D eigenvalue weighted by Crippen LogP contribution is -2.24. The molecule has 1 saturated carbocycles. The fraction of sp³-hybridized carbons (Fsp3) is 0.533. The van der Waals surface area contributed by atoms with Crippen molar-refractivity contribution in [1.29, 1.82) is 0 Å². The third-order valence-electron chi connectivity index (χ3n) is 3.62. The zero-order valence-electron chi connectivity index (χ0n) is 10.4. The molecule has 1 unspecified atom stereocenters. The highest BCUT2D eigenvalue weighted by Crippen LogP contribution is 2.47. The van der Waals surface area contributed by atoms with Gasteiger partial charge in [0.05, 0.1) is 0 Å². The van der Waals surface area contributed by atoms with Crippen LogP contribution in [0.3, 0.4) is 0 Å². The molecule has 1 atom stereocenters. The van der Waals surface area contributed by atoms with Crippen molar-refractivity contribution in [2.75, 3.05) is 0 Å². The first kappa shape index (κ1) is 11.4. The van der Waals surface area contributed by atoms with Gasteiger partial charge >= 0.3 is 0 Å². The highest BCUT2D eigenvalue weighted by atomic mass is 16.1. The fourth-order valence-electron chi connectivity index (χ4n) is 3.07. The highest BCUT2D eigenvalue weighted by molar-refractivity contribution is 5.87. The fourth-order valence-corrected chi connectivity index (χ4v) is 3.07. The number of carbonyl (C=O) groups excluding carboxylic acids is 1. The molecule has 1 aromatic carbocycles. The Morgan fingerprint density at radius 2 is 1.75 bits per heavy atom. The Morgan fingerprint density at radius 3 is 2.25 bits per heavy atom. The zero-order valence-corrected chi connectivity index (χ0v) is 10.4. The van der Waals surface area contributed by atoms with Gasteiger partial charge in [-0.15, -0.1) is 0 Å². The predicted molar refractivity (Wildman–Crippen MR) is 66.3 cm³/mol. The number of rotatable bonds is 2.